The Bertz CT molecular complexity index is 1180. The van der Waals surface area contributed by atoms with E-state index < -0.39 is 47.5 Å². The minimum atomic E-state index is -4.97. The summed E-state index contributed by atoms with van der Waals surface area (Å²) < 4.78 is 56.8. The van der Waals surface area contributed by atoms with Crippen molar-refractivity contribution in [2.75, 3.05) is 19.8 Å². The number of halogens is 3. The van der Waals surface area contributed by atoms with Crippen molar-refractivity contribution in [3.05, 3.63) is 32.6 Å². The molecule has 0 unspecified atom stereocenters. The Labute approximate surface area is 284 Å². The predicted octanol–water partition coefficient (Wildman–Crippen LogP) is 8.41. The second kappa shape index (κ2) is 24.4. The first-order valence-corrected chi connectivity index (χ1v) is 18.2. The maximum Gasteiger partial charge on any atom is 0.423 e. The molecule has 274 valence electrons. The number of aromatic amines is 1. The molecule has 48 heavy (non-hydrogen) atoms. The van der Waals surface area contributed by atoms with Gasteiger partial charge in [-0.15, -0.1) is 6.42 Å². The van der Waals surface area contributed by atoms with Crippen molar-refractivity contribution in [2.24, 2.45) is 0 Å². The van der Waals surface area contributed by atoms with Crippen molar-refractivity contribution in [3.63, 3.8) is 0 Å². The number of unbranched alkanes of at least 4 members (excludes halogenated alkanes) is 19. The summed E-state index contributed by atoms with van der Waals surface area (Å²) in [6, 6.07) is 0. The number of alkyl halides is 3. The van der Waals surface area contributed by atoms with Gasteiger partial charge in [0.2, 0.25) is 0 Å². The summed E-state index contributed by atoms with van der Waals surface area (Å²) in [5.41, 5.74) is -4.14. The highest BCUT2D eigenvalue weighted by Crippen LogP contribution is 2.32. The van der Waals surface area contributed by atoms with Gasteiger partial charge in [0.15, 0.2) is 0 Å². The van der Waals surface area contributed by atoms with E-state index in [2.05, 4.69) is 18.2 Å². The molecule has 12 heteroatoms. The highest BCUT2D eigenvalue weighted by molar-refractivity contribution is 5.67. The molecule has 1 aromatic rings. The number of ether oxygens (including phenoxy) is 3. The van der Waals surface area contributed by atoms with E-state index in [4.69, 9.17) is 20.6 Å². The molecule has 0 bridgehead atoms. The number of nitrogens with zero attached hydrogens (tertiary/aromatic N) is 1. The third-order valence-electron chi connectivity index (χ3n) is 8.82. The van der Waals surface area contributed by atoms with Gasteiger partial charge in [-0.1, -0.05) is 135 Å². The minimum absolute atomic E-state index is 0.0417. The Balaban J connectivity index is 1.51. The molecule has 1 fully saturated rings. The molecule has 3 atom stereocenters. The zero-order chi connectivity index (χ0) is 35.0. The molecule has 1 aromatic heterocycles. The quantitative estimate of drug-likeness (QED) is 0.0749. The fraction of sp³-hybridized carbons (Fsp3) is 0.806. The van der Waals surface area contributed by atoms with Crippen LogP contribution < -0.4 is 16.6 Å². The number of hydrogen-bond acceptors (Lipinski definition) is 6. The minimum Gasteiger partial charge on any atom is -0.447 e. The summed E-state index contributed by atoms with van der Waals surface area (Å²) in [4.78, 5) is 37.8. The second-order valence-electron chi connectivity index (χ2n) is 12.9. The van der Waals surface area contributed by atoms with Crippen LogP contribution in [-0.4, -0.2) is 47.6 Å². The third-order valence-corrected chi connectivity index (χ3v) is 8.82. The zero-order valence-corrected chi connectivity index (χ0v) is 28.9. The van der Waals surface area contributed by atoms with E-state index in [0.717, 1.165) is 19.3 Å². The molecule has 0 saturated carbocycles. The molecule has 9 nitrogen and oxygen atoms in total. The van der Waals surface area contributed by atoms with Gasteiger partial charge in [0.05, 0.1) is 6.10 Å². The van der Waals surface area contributed by atoms with E-state index in [1.54, 1.807) is 4.98 Å². The van der Waals surface area contributed by atoms with Crippen LogP contribution in [0.15, 0.2) is 15.8 Å². The highest BCUT2D eigenvalue weighted by atomic mass is 19.4. The van der Waals surface area contributed by atoms with Crippen molar-refractivity contribution in [3.8, 4) is 12.3 Å². The van der Waals surface area contributed by atoms with E-state index in [0.29, 0.717) is 17.3 Å². The monoisotopic (exact) mass is 685 g/mol. The fourth-order valence-electron chi connectivity index (χ4n) is 6.03. The Kier molecular flexibility index (Phi) is 21.0. The molecule has 1 saturated heterocycles. The molecule has 0 radical (unpaired) electrons. The van der Waals surface area contributed by atoms with Crippen LogP contribution >= 0.6 is 0 Å². The van der Waals surface area contributed by atoms with Crippen LogP contribution in [0.3, 0.4) is 0 Å². The van der Waals surface area contributed by atoms with E-state index in [9.17, 15) is 27.6 Å². The van der Waals surface area contributed by atoms with Gasteiger partial charge in [-0.05, 0) is 6.42 Å². The van der Waals surface area contributed by atoms with E-state index in [-0.39, 0.29) is 19.6 Å². The molecule has 0 spiro atoms. The lowest BCUT2D eigenvalue weighted by molar-refractivity contribution is -0.139. The number of hydrogen-bond donors (Lipinski definition) is 2. The Morgan fingerprint density at radius 3 is 1.90 bits per heavy atom. The first kappa shape index (κ1) is 41.4. The van der Waals surface area contributed by atoms with Crippen LogP contribution in [0.4, 0.5) is 18.0 Å². The van der Waals surface area contributed by atoms with Gasteiger partial charge in [-0.3, -0.25) is 14.3 Å². The Hall–Kier alpha value is -2.78. The number of nitrogens with one attached hydrogen (secondary N) is 2. The van der Waals surface area contributed by atoms with Gasteiger partial charge in [-0.2, -0.15) is 13.2 Å². The molecular weight excluding hydrogens is 627 g/mol. The SMILES string of the molecule is C#CCO[C@H]1C[C@H](n2cc(C(F)(F)F)c(=O)[nH]c2=O)O[C@@H]1COC(=O)NCCCCCCCCCCCCCCCCCCCCCC. The van der Waals surface area contributed by atoms with Crippen LogP contribution in [-0.2, 0) is 20.4 Å². The first-order valence-electron chi connectivity index (χ1n) is 18.2. The predicted molar refractivity (Wildman–Crippen MR) is 181 cm³/mol. The van der Waals surface area contributed by atoms with Gasteiger partial charge in [0, 0.05) is 19.2 Å². The van der Waals surface area contributed by atoms with E-state index >= 15 is 0 Å². The maximum atomic E-state index is 13.2. The van der Waals surface area contributed by atoms with Crippen LogP contribution in [0.5, 0.6) is 0 Å². The van der Waals surface area contributed by atoms with Crippen LogP contribution in [0.1, 0.15) is 154 Å². The van der Waals surface area contributed by atoms with Crippen molar-refractivity contribution < 1.29 is 32.2 Å². The number of rotatable bonds is 26. The summed E-state index contributed by atoms with van der Waals surface area (Å²) in [5.74, 6) is 2.30. The van der Waals surface area contributed by atoms with Crippen molar-refractivity contribution >= 4 is 6.09 Å². The summed E-state index contributed by atoms with van der Waals surface area (Å²) in [5, 5.41) is 2.70. The third kappa shape index (κ3) is 17.0. The standard InChI is InChI=1S/C36H58F3N3O6/c1-3-5-6-7-8-9-10-11-12-13-14-15-16-17-18-19-20-21-22-23-24-40-35(45)47-28-31-30(46-25-4-2)26-32(48-31)42-27-29(36(37,38)39)33(43)41-34(42)44/h2,27,30-32H,3,5-26,28H2,1H3,(H,40,45)(H,41,43,44)/t30-,31+,32+/m0/s1. The molecule has 1 aliphatic heterocycles. The van der Waals surface area contributed by atoms with Gasteiger partial charge < -0.3 is 19.5 Å². The molecule has 0 aromatic carbocycles. The van der Waals surface area contributed by atoms with Crippen LogP contribution in [0, 0.1) is 12.3 Å². The molecule has 1 aliphatic rings. The van der Waals surface area contributed by atoms with Crippen LogP contribution in [0.25, 0.3) is 0 Å². The molecule has 2 N–H and O–H groups in total. The van der Waals surface area contributed by atoms with Gasteiger partial charge >= 0.3 is 18.0 Å². The van der Waals surface area contributed by atoms with E-state index in [1.807, 2.05) is 0 Å². The number of carbonyl (C=O) groups excluding carboxylic acids is 1. The molecule has 2 heterocycles. The number of aromatic nitrogens is 2. The van der Waals surface area contributed by atoms with Crippen LogP contribution in [0.2, 0.25) is 0 Å². The average molecular weight is 686 g/mol. The summed E-state index contributed by atoms with van der Waals surface area (Å²) in [7, 11) is 0. The largest absolute Gasteiger partial charge is 0.447 e. The van der Waals surface area contributed by atoms with Crippen molar-refractivity contribution in [1.82, 2.24) is 14.9 Å². The van der Waals surface area contributed by atoms with Crippen molar-refractivity contribution in [1.29, 1.82) is 0 Å². The Morgan fingerprint density at radius 2 is 1.42 bits per heavy atom. The Morgan fingerprint density at radius 1 is 0.917 bits per heavy atom. The lowest BCUT2D eigenvalue weighted by Gasteiger charge is -2.18. The summed E-state index contributed by atoms with van der Waals surface area (Å²) >= 11 is 0. The lowest BCUT2D eigenvalue weighted by atomic mass is 10.0. The van der Waals surface area contributed by atoms with Gasteiger partial charge in [0.1, 0.15) is 31.1 Å². The first-order chi connectivity index (χ1) is 23.2. The summed E-state index contributed by atoms with van der Waals surface area (Å²) in [6.07, 6.45) is 23.1. The van der Waals surface area contributed by atoms with Gasteiger partial charge in [-0.25, -0.2) is 9.59 Å². The summed E-state index contributed by atoms with van der Waals surface area (Å²) in [6.45, 7) is 2.34. The van der Waals surface area contributed by atoms with Gasteiger partial charge in [0.25, 0.3) is 5.56 Å². The fourth-order valence-corrected chi connectivity index (χ4v) is 6.03. The topological polar surface area (TPSA) is 112 Å². The number of H-pyrrole nitrogens is 1. The lowest BCUT2D eigenvalue weighted by Crippen LogP contribution is -2.36. The van der Waals surface area contributed by atoms with Crippen molar-refractivity contribution in [2.45, 2.75) is 166 Å². The number of amides is 1. The molecular formula is C36H58F3N3O6. The smallest absolute Gasteiger partial charge is 0.423 e. The highest BCUT2D eigenvalue weighted by Gasteiger charge is 2.40. The average Bonchev–Trinajstić information content (AvgIpc) is 3.45. The maximum absolute atomic E-state index is 13.2. The number of alkyl carbamates (subject to hydrolysis) is 1. The second-order valence-corrected chi connectivity index (χ2v) is 12.9. The number of terminal acetylenes is 1. The normalized spacial score (nSPS) is 17.8. The molecule has 0 aliphatic carbocycles. The number of carbonyl (C=O) groups is 1. The zero-order valence-electron chi connectivity index (χ0n) is 28.9. The molecule has 2 rings (SSSR count). The van der Waals surface area contributed by atoms with E-state index in [1.165, 1.54) is 109 Å². The molecule has 1 amide bonds.